The van der Waals surface area contributed by atoms with Gasteiger partial charge in [-0.25, -0.2) is 0 Å². The van der Waals surface area contributed by atoms with E-state index in [1.54, 1.807) is 18.2 Å². The van der Waals surface area contributed by atoms with E-state index in [1.807, 2.05) is 18.2 Å². The van der Waals surface area contributed by atoms with Crippen molar-refractivity contribution < 1.29 is 23.4 Å². The van der Waals surface area contributed by atoms with Crippen LogP contribution in [0.15, 0.2) is 40.8 Å². The molecule has 2 saturated heterocycles. The number of hydrogen-bond acceptors (Lipinski definition) is 7. The number of anilines is 2. The molecule has 1 spiro atoms. The summed E-state index contributed by atoms with van der Waals surface area (Å²) in [4.78, 5) is 19.6. The molecule has 0 bridgehead atoms. The lowest BCUT2D eigenvalue weighted by Crippen LogP contribution is -2.62. The van der Waals surface area contributed by atoms with Gasteiger partial charge in [-0.15, -0.1) is 0 Å². The smallest absolute Gasteiger partial charge is 0.298 e. The highest BCUT2D eigenvalue weighted by molar-refractivity contribution is 6.05. The summed E-state index contributed by atoms with van der Waals surface area (Å²) in [6.45, 7) is 2.69. The molecule has 3 aliphatic heterocycles. The number of fused-ring (bicyclic) bond motifs is 2. The molecule has 3 aliphatic rings. The van der Waals surface area contributed by atoms with Crippen LogP contribution in [0.2, 0.25) is 0 Å². The summed E-state index contributed by atoms with van der Waals surface area (Å²) in [6, 6.07) is 11.3. The van der Waals surface area contributed by atoms with Gasteiger partial charge in [0.2, 0.25) is 6.79 Å². The molecule has 30 heavy (non-hydrogen) atoms. The molecule has 4 heterocycles. The number of nitrogens with zero attached hydrogens (tertiary/aromatic N) is 2. The van der Waals surface area contributed by atoms with Gasteiger partial charge < -0.3 is 28.8 Å². The summed E-state index contributed by atoms with van der Waals surface area (Å²) in [7, 11) is 0. The summed E-state index contributed by atoms with van der Waals surface area (Å²) < 4.78 is 22.2. The van der Waals surface area contributed by atoms with Crippen molar-refractivity contribution in [1.29, 1.82) is 0 Å². The first-order chi connectivity index (χ1) is 14.7. The van der Waals surface area contributed by atoms with Gasteiger partial charge in [-0.3, -0.25) is 4.79 Å². The summed E-state index contributed by atoms with van der Waals surface area (Å²) in [5.41, 5.74) is 2.72. The Morgan fingerprint density at radius 1 is 1.03 bits per heavy atom. The van der Waals surface area contributed by atoms with Crippen LogP contribution in [0.3, 0.4) is 0 Å². The van der Waals surface area contributed by atoms with Crippen LogP contribution in [0.1, 0.15) is 29.6 Å². The minimum atomic E-state index is -0.222. The molecule has 6 rings (SSSR count). The van der Waals surface area contributed by atoms with E-state index in [0.29, 0.717) is 34.3 Å². The third kappa shape index (κ3) is 2.79. The van der Waals surface area contributed by atoms with Crippen LogP contribution in [-0.4, -0.2) is 43.0 Å². The number of benzene rings is 2. The van der Waals surface area contributed by atoms with Crippen molar-refractivity contribution in [3.63, 3.8) is 0 Å². The Bertz CT molecular complexity index is 1140. The molecule has 3 aromatic rings. The first-order valence-electron chi connectivity index (χ1n) is 10.2. The first-order valence-corrected chi connectivity index (χ1v) is 10.2. The number of amides is 1. The third-order valence-corrected chi connectivity index (χ3v) is 6.30. The first kappa shape index (κ1) is 17.6. The van der Waals surface area contributed by atoms with Crippen molar-refractivity contribution in [1.82, 2.24) is 4.98 Å². The number of carbonyl (C=O) groups is 1. The van der Waals surface area contributed by atoms with Crippen molar-refractivity contribution >= 4 is 28.7 Å². The lowest BCUT2D eigenvalue weighted by molar-refractivity contribution is 0.0265. The van der Waals surface area contributed by atoms with E-state index in [-0.39, 0.29) is 18.2 Å². The molecule has 0 aliphatic carbocycles. The topological polar surface area (TPSA) is 86.1 Å². The fraction of sp³-hybridized carbons (Fsp3) is 0.364. The van der Waals surface area contributed by atoms with Gasteiger partial charge in [0.1, 0.15) is 5.52 Å². The molecule has 1 aromatic heterocycles. The second-order valence-corrected chi connectivity index (χ2v) is 7.94. The van der Waals surface area contributed by atoms with Crippen LogP contribution in [0.5, 0.6) is 11.5 Å². The molecule has 8 heteroatoms. The van der Waals surface area contributed by atoms with Crippen LogP contribution in [0.25, 0.3) is 11.1 Å². The number of ether oxygens (including phenoxy) is 3. The molecule has 0 atom stereocenters. The zero-order chi connectivity index (χ0) is 20.1. The molecule has 154 valence electrons. The fourth-order valence-electron chi connectivity index (χ4n) is 4.46. The predicted octanol–water partition coefficient (Wildman–Crippen LogP) is 3.57. The number of rotatable bonds is 3. The van der Waals surface area contributed by atoms with Crippen molar-refractivity contribution in [2.45, 2.75) is 24.8 Å². The highest BCUT2D eigenvalue weighted by Crippen LogP contribution is 2.43. The maximum atomic E-state index is 12.6. The Morgan fingerprint density at radius 2 is 1.90 bits per heavy atom. The fourth-order valence-corrected chi connectivity index (χ4v) is 4.46. The van der Waals surface area contributed by atoms with E-state index in [9.17, 15) is 4.79 Å². The number of nitrogens with one attached hydrogen (secondary N) is 1. The summed E-state index contributed by atoms with van der Waals surface area (Å²) in [5.74, 6) is 1.01. The summed E-state index contributed by atoms with van der Waals surface area (Å²) in [6.07, 6.45) is 3.15. The molecule has 2 aromatic carbocycles. The minimum Gasteiger partial charge on any atom is -0.454 e. The summed E-state index contributed by atoms with van der Waals surface area (Å²) >= 11 is 0. The Hall–Kier alpha value is -3.26. The van der Waals surface area contributed by atoms with Crippen LogP contribution >= 0.6 is 0 Å². The van der Waals surface area contributed by atoms with Gasteiger partial charge in [0.15, 0.2) is 17.1 Å². The number of oxazole rings is 1. The molecule has 0 radical (unpaired) electrons. The van der Waals surface area contributed by atoms with Crippen molar-refractivity contribution in [2.75, 3.05) is 36.8 Å². The Balaban J connectivity index is 1.22. The average molecular weight is 407 g/mol. The Morgan fingerprint density at radius 3 is 2.73 bits per heavy atom. The van der Waals surface area contributed by atoms with Gasteiger partial charge in [-0.2, -0.15) is 4.98 Å². The van der Waals surface area contributed by atoms with Gasteiger partial charge in [-0.1, -0.05) is 0 Å². The normalized spacial score (nSPS) is 19.1. The van der Waals surface area contributed by atoms with Crippen molar-refractivity contribution in [2.24, 2.45) is 0 Å². The number of aromatic nitrogens is 1. The lowest BCUT2D eigenvalue weighted by Gasteiger charge is -2.53. The zero-order valence-corrected chi connectivity index (χ0v) is 16.3. The van der Waals surface area contributed by atoms with Crippen LogP contribution in [0.4, 0.5) is 11.7 Å². The molecular weight excluding hydrogens is 386 g/mol. The number of carbonyl (C=O) groups excluding carboxylic acids is 1. The van der Waals surface area contributed by atoms with Crippen LogP contribution < -0.4 is 19.7 Å². The molecule has 1 N–H and O–H groups in total. The monoisotopic (exact) mass is 407 g/mol. The Kier molecular flexibility index (Phi) is 3.89. The van der Waals surface area contributed by atoms with E-state index in [4.69, 9.17) is 23.6 Å². The molecule has 0 unspecified atom stereocenters. The van der Waals surface area contributed by atoms with Gasteiger partial charge in [0.05, 0.1) is 5.54 Å². The Labute approximate surface area is 172 Å². The second kappa shape index (κ2) is 6.63. The van der Waals surface area contributed by atoms with Crippen LogP contribution in [0, 0.1) is 0 Å². The van der Waals surface area contributed by atoms with E-state index in [2.05, 4.69) is 10.2 Å². The highest BCUT2D eigenvalue weighted by atomic mass is 16.7. The SMILES string of the molecule is O=C(Nc1ccc2oc(N3CCC34CCOCC4)nc2c1)c1ccc2c(c1)OCO2. The lowest BCUT2D eigenvalue weighted by atomic mass is 9.78. The third-order valence-electron chi connectivity index (χ3n) is 6.30. The largest absolute Gasteiger partial charge is 0.454 e. The standard InChI is InChI=1S/C22H21N3O5/c26-20(14-1-3-18-19(11-14)29-13-28-18)23-15-2-4-17-16(12-15)24-21(30-17)25-8-5-22(25)6-9-27-10-7-22/h1-4,11-12H,5-10,13H2,(H,23,26). The average Bonchev–Trinajstić information content (AvgIpc) is 3.39. The van der Waals surface area contributed by atoms with E-state index in [1.165, 1.54) is 0 Å². The zero-order valence-electron chi connectivity index (χ0n) is 16.3. The predicted molar refractivity (Wildman–Crippen MR) is 109 cm³/mol. The quantitative estimate of drug-likeness (QED) is 0.710. The number of hydrogen-bond donors (Lipinski definition) is 1. The molecule has 2 fully saturated rings. The van der Waals surface area contributed by atoms with Crippen molar-refractivity contribution in [3.05, 3.63) is 42.0 Å². The maximum absolute atomic E-state index is 12.6. The summed E-state index contributed by atoms with van der Waals surface area (Å²) in [5, 5.41) is 2.92. The highest BCUT2D eigenvalue weighted by Gasteiger charge is 2.47. The molecule has 0 saturated carbocycles. The van der Waals surface area contributed by atoms with Crippen molar-refractivity contribution in [3.8, 4) is 11.5 Å². The van der Waals surface area contributed by atoms with E-state index >= 15 is 0 Å². The molecular formula is C22H21N3O5. The molecule has 1 amide bonds. The maximum Gasteiger partial charge on any atom is 0.298 e. The molecule has 8 nitrogen and oxygen atoms in total. The van der Waals surface area contributed by atoms with Gasteiger partial charge in [0, 0.05) is 31.0 Å². The van der Waals surface area contributed by atoms with Crippen LogP contribution in [-0.2, 0) is 4.74 Å². The van der Waals surface area contributed by atoms with Gasteiger partial charge in [0.25, 0.3) is 11.9 Å². The van der Waals surface area contributed by atoms with E-state index < -0.39 is 0 Å². The van der Waals surface area contributed by atoms with E-state index in [0.717, 1.165) is 44.5 Å². The van der Waals surface area contributed by atoms with Gasteiger partial charge in [-0.05, 0) is 55.7 Å². The minimum absolute atomic E-state index is 0.121. The second-order valence-electron chi connectivity index (χ2n) is 7.94. The van der Waals surface area contributed by atoms with Gasteiger partial charge >= 0.3 is 0 Å².